The summed E-state index contributed by atoms with van der Waals surface area (Å²) in [5.41, 5.74) is 0. The Labute approximate surface area is 77.7 Å². The smallest absolute Gasteiger partial charge is 0.321 e. The molecule has 0 aromatic rings. The molecule has 1 atom stereocenters. The van der Waals surface area contributed by atoms with E-state index in [0.717, 1.165) is 0 Å². The van der Waals surface area contributed by atoms with Crippen LogP contribution in [-0.4, -0.2) is 42.6 Å². The number of hydrogen-bond acceptors (Lipinski definition) is 4. The standard InChI is InChI=1S/C7H15NO3S/c1-2-11-4-3-8-6(5-12)7(9)10/h6,8,12H,2-5H2,1H3,(H,9,10). The Morgan fingerprint density at radius 3 is 2.83 bits per heavy atom. The Morgan fingerprint density at radius 2 is 2.42 bits per heavy atom. The SMILES string of the molecule is CCOCCNC(CS)C(=O)O. The number of nitrogens with one attached hydrogen (secondary N) is 1. The van der Waals surface area contributed by atoms with Crippen molar-refractivity contribution in [2.24, 2.45) is 0 Å². The van der Waals surface area contributed by atoms with E-state index in [-0.39, 0.29) is 0 Å². The van der Waals surface area contributed by atoms with Crippen LogP contribution < -0.4 is 5.32 Å². The topological polar surface area (TPSA) is 58.6 Å². The largest absolute Gasteiger partial charge is 0.480 e. The maximum atomic E-state index is 10.4. The number of thiol groups is 1. The van der Waals surface area contributed by atoms with E-state index < -0.39 is 12.0 Å². The zero-order valence-electron chi connectivity index (χ0n) is 7.12. The van der Waals surface area contributed by atoms with Gasteiger partial charge in [0.05, 0.1) is 6.61 Å². The fourth-order valence-corrected chi connectivity index (χ4v) is 0.965. The quantitative estimate of drug-likeness (QED) is 0.393. The van der Waals surface area contributed by atoms with E-state index in [9.17, 15) is 4.79 Å². The molecule has 0 amide bonds. The summed E-state index contributed by atoms with van der Waals surface area (Å²) in [5, 5.41) is 11.4. The van der Waals surface area contributed by atoms with E-state index in [4.69, 9.17) is 9.84 Å². The maximum absolute atomic E-state index is 10.4. The van der Waals surface area contributed by atoms with Crippen molar-refractivity contribution in [2.75, 3.05) is 25.5 Å². The molecule has 12 heavy (non-hydrogen) atoms. The first-order valence-corrected chi connectivity index (χ1v) is 4.50. The second-order valence-electron chi connectivity index (χ2n) is 2.22. The molecular formula is C7H15NO3S. The van der Waals surface area contributed by atoms with Crippen LogP contribution in [0.2, 0.25) is 0 Å². The Bertz CT molecular complexity index is 132. The first-order valence-electron chi connectivity index (χ1n) is 3.87. The van der Waals surface area contributed by atoms with Crippen molar-refractivity contribution in [1.82, 2.24) is 5.32 Å². The van der Waals surface area contributed by atoms with Gasteiger partial charge >= 0.3 is 5.97 Å². The molecule has 0 rings (SSSR count). The van der Waals surface area contributed by atoms with Gasteiger partial charge in [0.2, 0.25) is 0 Å². The van der Waals surface area contributed by atoms with Crippen LogP contribution in [0.3, 0.4) is 0 Å². The highest BCUT2D eigenvalue weighted by molar-refractivity contribution is 7.80. The first-order chi connectivity index (χ1) is 5.72. The van der Waals surface area contributed by atoms with Crippen molar-refractivity contribution in [3.05, 3.63) is 0 Å². The molecule has 0 spiro atoms. The summed E-state index contributed by atoms with van der Waals surface area (Å²) in [4.78, 5) is 10.4. The second-order valence-corrected chi connectivity index (χ2v) is 2.59. The van der Waals surface area contributed by atoms with Crippen molar-refractivity contribution < 1.29 is 14.6 Å². The molecule has 5 heteroatoms. The highest BCUT2D eigenvalue weighted by Gasteiger charge is 2.13. The van der Waals surface area contributed by atoms with Crippen molar-refractivity contribution in [3.8, 4) is 0 Å². The molecule has 0 aliphatic rings. The van der Waals surface area contributed by atoms with Crippen LogP contribution in [0.5, 0.6) is 0 Å². The molecule has 72 valence electrons. The molecule has 0 aliphatic carbocycles. The van der Waals surface area contributed by atoms with E-state index >= 15 is 0 Å². The number of hydrogen-bond donors (Lipinski definition) is 3. The predicted octanol–water partition coefficient (Wildman–Crippen LogP) is -0.00450. The van der Waals surface area contributed by atoms with Gasteiger partial charge in [0.25, 0.3) is 0 Å². The van der Waals surface area contributed by atoms with Gasteiger partial charge in [-0.3, -0.25) is 4.79 Å². The first kappa shape index (κ1) is 11.7. The van der Waals surface area contributed by atoms with Crippen molar-refractivity contribution in [3.63, 3.8) is 0 Å². The minimum absolute atomic E-state index is 0.293. The number of carbonyl (C=O) groups is 1. The lowest BCUT2D eigenvalue weighted by molar-refractivity contribution is -0.138. The summed E-state index contributed by atoms with van der Waals surface area (Å²) >= 11 is 3.90. The van der Waals surface area contributed by atoms with E-state index in [1.165, 1.54) is 0 Å². The molecule has 0 bridgehead atoms. The lowest BCUT2D eigenvalue weighted by Gasteiger charge is -2.10. The molecule has 0 saturated heterocycles. The summed E-state index contributed by atoms with van der Waals surface area (Å²) in [6, 6.07) is -0.575. The van der Waals surface area contributed by atoms with E-state index in [0.29, 0.717) is 25.5 Å². The third-order valence-electron chi connectivity index (χ3n) is 1.32. The Kier molecular flexibility index (Phi) is 7.23. The average Bonchev–Trinajstić information content (AvgIpc) is 2.04. The van der Waals surface area contributed by atoms with Gasteiger partial charge < -0.3 is 15.2 Å². The molecular weight excluding hydrogens is 178 g/mol. The predicted molar refractivity (Wildman–Crippen MR) is 49.8 cm³/mol. The van der Waals surface area contributed by atoms with Gasteiger partial charge in [0, 0.05) is 18.9 Å². The van der Waals surface area contributed by atoms with Crippen molar-refractivity contribution >= 4 is 18.6 Å². The minimum atomic E-state index is -0.874. The Hall–Kier alpha value is -0.260. The van der Waals surface area contributed by atoms with Gasteiger partial charge in [-0.1, -0.05) is 0 Å². The van der Waals surface area contributed by atoms with Crippen LogP contribution in [0, 0.1) is 0 Å². The third kappa shape index (κ3) is 5.40. The molecule has 2 N–H and O–H groups in total. The van der Waals surface area contributed by atoms with E-state index in [1.807, 2.05) is 6.92 Å². The summed E-state index contributed by atoms with van der Waals surface area (Å²) in [6.07, 6.45) is 0. The fourth-order valence-electron chi connectivity index (χ4n) is 0.680. The number of aliphatic carboxylic acids is 1. The van der Waals surface area contributed by atoms with Gasteiger partial charge in [-0.05, 0) is 6.92 Å². The fraction of sp³-hybridized carbons (Fsp3) is 0.857. The summed E-state index contributed by atoms with van der Waals surface area (Å²) in [6.45, 7) is 3.63. The van der Waals surface area contributed by atoms with Gasteiger partial charge in [-0.25, -0.2) is 0 Å². The lowest BCUT2D eigenvalue weighted by Crippen LogP contribution is -2.39. The zero-order chi connectivity index (χ0) is 9.40. The van der Waals surface area contributed by atoms with Crippen LogP contribution in [0.4, 0.5) is 0 Å². The number of rotatable bonds is 7. The van der Waals surface area contributed by atoms with Crippen LogP contribution >= 0.6 is 12.6 Å². The molecule has 0 heterocycles. The van der Waals surface area contributed by atoms with Gasteiger partial charge in [0.1, 0.15) is 6.04 Å². The molecule has 0 saturated carbocycles. The molecule has 0 aromatic heterocycles. The minimum Gasteiger partial charge on any atom is -0.480 e. The van der Waals surface area contributed by atoms with Gasteiger partial charge in [-0.15, -0.1) is 0 Å². The van der Waals surface area contributed by atoms with Crippen LogP contribution in [-0.2, 0) is 9.53 Å². The van der Waals surface area contributed by atoms with Gasteiger partial charge in [0.15, 0.2) is 0 Å². The summed E-state index contributed by atoms with van der Waals surface area (Å²) in [5.74, 6) is -0.580. The van der Waals surface area contributed by atoms with Crippen LogP contribution in [0.25, 0.3) is 0 Å². The number of carboxylic acid groups (broad SMARTS) is 1. The molecule has 0 aliphatic heterocycles. The highest BCUT2D eigenvalue weighted by atomic mass is 32.1. The summed E-state index contributed by atoms with van der Waals surface area (Å²) < 4.78 is 5.03. The van der Waals surface area contributed by atoms with E-state index in [2.05, 4.69) is 17.9 Å². The van der Waals surface area contributed by atoms with Gasteiger partial charge in [-0.2, -0.15) is 12.6 Å². The van der Waals surface area contributed by atoms with Crippen molar-refractivity contribution in [2.45, 2.75) is 13.0 Å². The normalized spacial score (nSPS) is 12.8. The number of carboxylic acids is 1. The molecule has 0 radical (unpaired) electrons. The second kappa shape index (κ2) is 7.39. The van der Waals surface area contributed by atoms with Crippen LogP contribution in [0.1, 0.15) is 6.92 Å². The molecule has 4 nitrogen and oxygen atoms in total. The Balaban J connectivity index is 3.38. The molecule has 1 unspecified atom stereocenters. The highest BCUT2D eigenvalue weighted by Crippen LogP contribution is 1.87. The molecule has 0 aromatic carbocycles. The zero-order valence-corrected chi connectivity index (χ0v) is 8.01. The third-order valence-corrected chi connectivity index (χ3v) is 1.69. The average molecular weight is 193 g/mol. The van der Waals surface area contributed by atoms with Crippen molar-refractivity contribution in [1.29, 1.82) is 0 Å². The Morgan fingerprint density at radius 1 is 1.75 bits per heavy atom. The van der Waals surface area contributed by atoms with Crippen LogP contribution in [0.15, 0.2) is 0 Å². The summed E-state index contributed by atoms with van der Waals surface area (Å²) in [7, 11) is 0. The monoisotopic (exact) mass is 193 g/mol. The lowest BCUT2D eigenvalue weighted by atomic mass is 10.3. The molecule has 0 fully saturated rings. The van der Waals surface area contributed by atoms with E-state index in [1.54, 1.807) is 0 Å². The maximum Gasteiger partial charge on any atom is 0.321 e. The number of ether oxygens (including phenoxy) is 1.